The van der Waals surface area contributed by atoms with E-state index < -0.39 is 0 Å². The molecule has 1 aliphatic rings. The highest BCUT2D eigenvalue weighted by atomic mass is 16.5. The number of anilines is 1. The van der Waals surface area contributed by atoms with Crippen molar-refractivity contribution < 1.29 is 9.47 Å². The van der Waals surface area contributed by atoms with E-state index in [0.717, 1.165) is 37.4 Å². The zero-order chi connectivity index (χ0) is 14.5. The molecule has 1 saturated heterocycles. The summed E-state index contributed by atoms with van der Waals surface area (Å²) >= 11 is 0. The van der Waals surface area contributed by atoms with Crippen LogP contribution in [0.25, 0.3) is 0 Å². The van der Waals surface area contributed by atoms with E-state index >= 15 is 0 Å². The monoisotopic (exact) mass is 278 g/mol. The summed E-state index contributed by atoms with van der Waals surface area (Å²) in [5, 5.41) is 0. The van der Waals surface area contributed by atoms with Crippen molar-refractivity contribution in [2.24, 2.45) is 5.73 Å². The van der Waals surface area contributed by atoms with E-state index in [-0.39, 0.29) is 12.1 Å². The normalized spacial score (nSPS) is 20.8. The highest BCUT2D eigenvalue weighted by Crippen LogP contribution is 2.32. The lowest BCUT2D eigenvalue weighted by atomic mass is 10.0. The van der Waals surface area contributed by atoms with Gasteiger partial charge in [-0.1, -0.05) is 6.07 Å². The van der Waals surface area contributed by atoms with Crippen LogP contribution in [0.4, 0.5) is 5.69 Å². The Morgan fingerprint density at radius 3 is 2.95 bits per heavy atom. The SMILES string of the molecule is COCC(C)Oc1ccc(C)cc1N1CCCC(N)C1. The summed E-state index contributed by atoms with van der Waals surface area (Å²) in [6, 6.07) is 6.58. The Kier molecular flexibility index (Phi) is 5.26. The van der Waals surface area contributed by atoms with Crippen LogP contribution in [-0.2, 0) is 4.74 Å². The standard InChI is InChI=1S/C16H26N2O2/c1-12-6-7-16(20-13(2)11-19-3)15(9-12)18-8-4-5-14(17)10-18/h6-7,9,13-14H,4-5,8,10-11,17H2,1-3H3. The van der Waals surface area contributed by atoms with Crippen molar-refractivity contribution in [1.82, 2.24) is 0 Å². The molecule has 1 aliphatic heterocycles. The Morgan fingerprint density at radius 1 is 1.45 bits per heavy atom. The number of rotatable bonds is 5. The van der Waals surface area contributed by atoms with Crippen LogP contribution in [0.5, 0.6) is 5.75 Å². The van der Waals surface area contributed by atoms with Gasteiger partial charge in [0.1, 0.15) is 11.9 Å². The molecule has 4 nitrogen and oxygen atoms in total. The molecule has 0 bridgehead atoms. The van der Waals surface area contributed by atoms with Crippen LogP contribution in [0.3, 0.4) is 0 Å². The molecule has 20 heavy (non-hydrogen) atoms. The maximum Gasteiger partial charge on any atom is 0.143 e. The number of methoxy groups -OCH3 is 1. The Labute approximate surface area is 121 Å². The molecule has 1 aromatic rings. The van der Waals surface area contributed by atoms with E-state index in [9.17, 15) is 0 Å². The minimum absolute atomic E-state index is 0.0416. The largest absolute Gasteiger partial charge is 0.486 e. The average Bonchev–Trinajstić information content (AvgIpc) is 2.41. The quantitative estimate of drug-likeness (QED) is 0.898. The minimum atomic E-state index is 0.0416. The second-order valence-corrected chi connectivity index (χ2v) is 5.70. The Bertz CT molecular complexity index is 436. The summed E-state index contributed by atoms with van der Waals surface area (Å²) in [6.07, 6.45) is 2.29. The van der Waals surface area contributed by atoms with Crippen LogP contribution in [0.2, 0.25) is 0 Å². The first-order valence-corrected chi connectivity index (χ1v) is 7.37. The number of benzene rings is 1. The number of nitrogens with two attached hydrogens (primary N) is 1. The molecular weight excluding hydrogens is 252 g/mol. The van der Waals surface area contributed by atoms with Crippen molar-refractivity contribution in [3.63, 3.8) is 0 Å². The molecule has 1 aromatic carbocycles. The van der Waals surface area contributed by atoms with Crippen LogP contribution in [0.15, 0.2) is 18.2 Å². The lowest BCUT2D eigenvalue weighted by molar-refractivity contribution is 0.0923. The number of aryl methyl sites for hydroxylation is 1. The zero-order valence-corrected chi connectivity index (χ0v) is 12.8. The molecular formula is C16H26N2O2. The summed E-state index contributed by atoms with van der Waals surface area (Å²) in [5.74, 6) is 0.925. The van der Waals surface area contributed by atoms with Gasteiger partial charge in [-0.05, 0) is 44.4 Å². The van der Waals surface area contributed by atoms with Gasteiger partial charge >= 0.3 is 0 Å². The summed E-state index contributed by atoms with van der Waals surface area (Å²) < 4.78 is 11.2. The molecule has 2 N–H and O–H groups in total. The van der Waals surface area contributed by atoms with Crippen LogP contribution in [0, 0.1) is 6.92 Å². The van der Waals surface area contributed by atoms with E-state index in [1.807, 2.05) is 6.92 Å². The first-order chi connectivity index (χ1) is 9.60. The lowest BCUT2D eigenvalue weighted by Gasteiger charge is -2.34. The molecule has 0 radical (unpaired) electrons. The van der Waals surface area contributed by atoms with Gasteiger partial charge in [0.2, 0.25) is 0 Å². The highest BCUT2D eigenvalue weighted by Gasteiger charge is 2.20. The number of nitrogens with zero attached hydrogens (tertiary/aromatic N) is 1. The fourth-order valence-electron chi connectivity index (χ4n) is 2.69. The van der Waals surface area contributed by atoms with Gasteiger partial charge in [-0.15, -0.1) is 0 Å². The van der Waals surface area contributed by atoms with Crippen LogP contribution in [-0.4, -0.2) is 39.0 Å². The molecule has 112 valence electrons. The van der Waals surface area contributed by atoms with Gasteiger partial charge in [0.15, 0.2) is 0 Å². The van der Waals surface area contributed by atoms with E-state index in [4.69, 9.17) is 15.2 Å². The molecule has 0 saturated carbocycles. The molecule has 0 amide bonds. The van der Waals surface area contributed by atoms with E-state index in [1.165, 1.54) is 5.56 Å². The van der Waals surface area contributed by atoms with Crippen LogP contribution >= 0.6 is 0 Å². The van der Waals surface area contributed by atoms with E-state index in [0.29, 0.717) is 6.61 Å². The van der Waals surface area contributed by atoms with Crippen LogP contribution in [0.1, 0.15) is 25.3 Å². The number of ether oxygens (including phenoxy) is 2. The predicted molar refractivity (Wildman–Crippen MR) is 82.6 cm³/mol. The Hall–Kier alpha value is -1.26. The van der Waals surface area contributed by atoms with Gasteiger partial charge in [-0.25, -0.2) is 0 Å². The van der Waals surface area contributed by atoms with Crippen LogP contribution < -0.4 is 15.4 Å². The maximum atomic E-state index is 6.10. The summed E-state index contributed by atoms with van der Waals surface area (Å²) in [5.41, 5.74) is 8.49. The van der Waals surface area contributed by atoms with E-state index in [1.54, 1.807) is 7.11 Å². The first kappa shape index (κ1) is 15.1. The maximum absolute atomic E-state index is 6.10. The predicted octanol–water partition coefficient (Wildman–Crippen LogP) is 2.34. The fraction of sp³-hybridized carbons (Fsp3) is 0.625. The molecule has 0 aliphatic carbocycles. The molecule has 2 unspecified atom stereocenters. The third-order valence-electron chi connectivity index (χ3n) is 3.64. The highest BCUT2D eigenvalue weighted by molar-refractivity contribution is 5.60. The number of piperidine rings is 1. The van der Waals surface area contributed by atoms with Crippen molar-refractivity contribution in [2.45, 2.75) is 38.8 Å². The first-order valence-electron chi connectivity index (χ1n) is 7.37. The topological polar surface area (TPSA) is 47.7 Å². The van der Waals surface area contributed by atoms with Crippen molar-refractivity contribution in [2.75, 3.05) is 31.7 Å². The molecule has 0 spiro atoms. The molecule has 1 heterocycles. The minimum Gasteiger partial charge on any atom is -0.486 e. The Morgan fingerprint density at radius 2 is 2.25 bits per heavy atom. The Balaban J connectivity index is 2.18. The molecule has 2 rings (SSSR count). The number of hydrogen-bond donors (Lipinski definition) is 1. The van der Waals surface area contributed by atoms with Gasteiger partial charge < -0.3 is 20.1 Å². The van der Waals surface area contributed by atoms with Crippen molar-refractivity contribution in [3.05, 3.63) is 23.8 Å². The zero-order valence-electron chi connectivity index (χ0n) is 12.8. The lowest BCUT2D eigenvalue weighted by Crippen LogP contribution is -2.43. The van der Waals surface area contributed by atoms with Gasteiger partial charge in [-0.3, -0.25) is 0 Å². The number of hydrogen-bond acceptors (Lipinski definition) is 4. The second-order valence-electron chi connectivity index (χ2n) is 5.70. The fourth-order valence-corrected chi connectivity index (χ4v) is 2.69. The van der Waals surface area contributed by atoms with Crippen molar-refractivity contribution in [1.29, 1.82) is 0 Å². The van der Waals surface area contributed by atoms with Crippen molar-refractivity contribution in [3.8, 4) is 5.75 Å². The smallest absolute Gasteiger partial charge is 0.143 e. The van der Waals surface area contributed by atoms with Gasteiger partial charge in [0.05, 0.1) is 12.3 Å². The third-order valence-corrected chi connectivity index (χ3v) is 3.64. The van der Waals surface area contributed by atoms with Crippen molar-refractivity contribution >= 4 is 5.69 Å². The van der Waals surface area contributed by atoms with Gasteiger partial charge in [0.25, 0.3) is 0 Å². The molecule has 1 fully saturated rings. The third kappa shape index (κ3) is 3.87. The summed E-state index contributed by atoms with van der Waals surface area (Å²) in [4.78, 5) is 2.34. The second kappa shape index (κ2) is 6.95. The molecule has 4 heteroatoms. The molecule has 2 atom stereocenters. The average molecular weight is 278 g/mol. The molecule has 0 aromatic heterocycles. The van der Waals surface area contributed by atoms with Gasteiger partial charge in [0, 0.05) is 26.2 Å². The summed E-state index contributed by atoms with van der Waals surface area (Å²) in [6.45, 7) is 6.67. The van der Waals surface area contributed by atoms with E-state index in [2.05, 4.69) is 30.0 Å². The summed E-state index contributed by atoms with van der Waals surface area (Å²) in [7, 11) is 1.69. The van der Waals surface area contributed by atoms with Gasteiger partial charge in [-0.2, -0.15) is 0 Å².